The summed E-state index contributed by atoms with van der Waals surface area (Å²) in [5, 5.41) is 3.31. The Kier molecular flexibility index (Phi) is 5.41. The number of benzene rings is 1. The summed E-state index contributed by atoms with van der Waals surface area (Å²) in [6, 6.07) is 5.10. The summed E-state index contributed by atoms with van der Waals surface area (Å²) in [6.45, 7) is 7.34. The van der Waals surface area contributed by atoms with E-state index in [9.17, 15) is 4.79 Å². The van der Waals surface area contributed by atoms with Gasteiger partial charge in [-0.1, -0.05) is 11.6 Å². The summed E-state index contributed by atoms with van der Waals surface area (Å²) in [5.41, 5.74) is 6.84. The fraction of sp³-hybridized carbons (Fsp3) is 0.533. The van der Waals surface area contributed by atoms with Gasteiger partial charge in [-0.15, -0.1) is 0 Å². The molecule has 0 spiro atoms. The Labute approximate surface area is 135 Å². The minimum Gasteiger partial charge on any atom is -0.399 e. The van der Waals surface area contributed by atoms with Crippen molar-refractivity contribution in [2.24, 2.45) is 0 Å². The summed E-state index contributed by atoms with van der Waals surface area (Å²) in [5.74, 6) is 1.11. The first-order valence-corrected chi connectivity index (χ1v) is 8.43. The average molecular weight is 328 g/mol. The number of rotatable bonds is 4. The Hall–Kier alpha value is -0.910. The van der Waals surface area contributed by atoms with Crippen molar-refractivity contribution in [1.82, 2.24) is 4.90 Å². The van der Waals surface area contributed by atoms with Gasteiger partial charge in [0, 0.05) is 42.2 Å². The molecule has 0 atom stereocenters. The highest BCUT2D eigenvalue weighted by molar-refractivity contribution is 8.00. The highest BCUT2D eigenvalue weighted by Crippen LogP contribution is 2.29. The monoisotopic (exact) mass is 327 g/mol. The van der Waals surface area contributed by atoms with Crippen LogP contribution >= 0.6 is 23.4 Å². The van der Waals surface area contributed by atoms with Crippen LogP contribution < -0.4 is 11.1 Å². The van der Waals surface area contributed by atoms with Crippen molar-refractivity contribution in [3.63, 3.8) is 0 Å². The molecule has 4 nitrogen and oxygen atoms in total. The minimum absolute atomic E-state index is 0.0160. The standard InChI is InChI=1S/C15H22ClN3OS/c1-15(2)10-19(7-8-21-15)6-5-14(20)18-13-4-3-11(17)9-12(13)16/h3-4,9H,5-8,10,17H2,1-2H3,(H,18,20). The predicted molar refractivity (Wildman–Crippen MR) is 92.1 cm³/mol. The Bertz CT molecular complexity index is 522. The first kappa shape index (κ1) is 16.5. The highest BCUT2D eigenvalue weighted by atomic mass is 35.5. The van der Waals surface area contributed by atoms with E-state index in [0.29, 0.717) is 22.8 Å². The van der Waals surface area contributed by atoms with Crippen LogP contribution in [0.2, 0.25) is 5.02 Å². The number of nitrogen functional groups attached to an aromatic ring is 1. The van der Waals surface area contributed by atoms with E-state index >= 15 is 0 Å². The molecular weight excluding hydrogens is 306 g/mol. The number of halogens is 1. The van der Waals surface area contributed by atoms with Crippen molar-refractivity contribution in [2.75, 3.05) is 36.4 Å². The summed E-state index contributed by atoms with van der Waals surface area (Å²) < 4.78 is 0.273. The van der Waals surface area contributed by atoms with Gasteiger partial charge in [0.15, 0.2) is 0 Å². The maximum Gasteiger partial charge on any atom is 0.225 e. The van der Waals surface area contributed by atoms with Gasteiger partial charge in [-0.25, -0.2) is 0 Å². The molecule has 116 valence electrons. The van der Waals surface area contributed by atoms with Crippen LogP contribution in [0.5, 0.6) is 0 Å². The average Bonchev–Trinajstić information content (AvgIpc) is 2.39. The topological polar surface area (TPSA) is 58.4 Å². The van der Waals surface area contributed by atoms with Gasteiger partial charge >= 0.3 is 0 Å². The molecule has 1 aromatic carbocycles. The molecule has 21 heavy (non-hydrogen) atoms. The number of nitrogens with two attached hydrogens (primary N) is 1. The Morgan fingerprint density at radius 3 is 2.95 bits per heavy atom. The van der Waals surface area contributed by atoms with Gasteiger partial charge in [0.25, 0.3) is 0 Å². The molecule has 1 amide bonds. The van der Waals surface area contributed by atoms with E-state index in [1.807, 2.05) is 11.8 Å². The maximum absolute atomic E-state index is 12.0. The fourth-order valence-corrected chi connectivity index (χ4v) is 3.82. The van der Waals surface area contributed by atoms with E-state index in [0.717, 1.165) is 25.4 Å². The van der Waals surface area contributed by atoms with E-state index in [1.165, 1.54) is 0 Å². The molecule has 0 aliphatic carbocycles. The van der Waals surface area contributed by atoms with Crippen molar-refractivity contribution < 1.29 is 4.79 Å². The van der Waals surface area contributed by atoms with Gasteiger partial charge in [0.05, 0.1) is 10.7 Å². The minimum atomic E-state index is -0.0160. The highest BCUT2D eigenvalue weighted by Gasteiger charge is 2.26. The number of nitrogens with one attached hydrogen (secondary N) is 1. The number of carbonyl (C=O) groups excluding carboxylic acids is 1. The first-order valence-electron chi connectivity index (χ1n) is 7.07. The van der Waals surface area contributed by atoms with E-state index in [4.69, 9.17) is 17.3 Å². The molecule has 0 aromatic heterocycles. The lowest BCUT2D eigenvalue weighted by Crippen LogP contribution is -2.44. The van der Waals surface area contributed by atoms with E-state index < -0.39 is 0 Å². The van der Waals surface area contributed by atoms with E-state index in [2.05, 4.69) is 24.1 Å². The molecule has 0 bridgehead atoms. The Morgan fingerprint density at radius 1 is 1.52 bits per heavy atom. The largest absolute Gasteiger partial charge is 0.399 e. The lowest BCUT2D eigenvalue weighted by molar-refractivity contribution is -0.116. The van der Waals surface area contributed by atoms with Crippen molar-refractivity contribution in [3.8, 4) is 0 Å². The van der Waals surface area contributed by atoms with Crippen LogP contribution in [-0.4, -0.2) is 40.9 Å². The van der Waals surface area contributed by atoms with Crippen molar-refractivity contribution in [1.29, 1.82) is 0 Å². The second kappa shape index (κ2) is 6.90. The van der Waals surface area contributed by atoms with Crippen LogP contribution in [0.25, 0.3) is 0 Å². The number of carbonyl (C=O) groups is 1. The van der Waals surface area contributed by atoms with Gasteiger partial charge in [0.2, 0.25) is 5.91 Å². The molecule has 1 heterocycles. The third-order valence-electron chi connectivity index (χ3n) is 3.43. The summed E-state index contributed by atoms with van der Waals surface area (Å²) in [7, 11) is 0. The zero-order chi connectivity index (χ0) is 15.5. The number of thioether (sulfide) groups is 1. The van der Waals surface area contributed by atoms with Crippen molar-refractivity contribution in [3.05, 3.63) is 23.2 Å². The van der Waals surface area contributed by atoms with Crippen LogP contribution in [0.1, 0.15) is 20.3 Å². The number of nitrogens with zero attached hydrogens (tertiary/aromatic N) is 1. The summed E-state index contributed by atoms with van der Waals surface area (Å²) in [6.07, 6.45) is 0.474. The quantitative estimate of drug-likeness (QED) is 0.834. The van der Waals surface area contributed by atoms with Crippen LogP contribution in [0.3, 0.4) is 0 Å². The molecule has 6 heteroatoms. The molecule has 0 radical (unpaired) electrons. The molecule has 0 saturated carbocycles. The second-order valence-corrected chi connectivity index (χ2v) is 8.13. The Morgan fingerprint density at radius 2 is 2.29 bits per heavy atom. The van der Waals surface area contributed by atoms with Gasteiger partial charge in [0.1, 0.15) is 0 Å². The van der Waals surface area contributed by atoms with E-state index in [1.54, 1.807) is 18.2 Å². The predicted octanol–water partition coefficient (Wildman–Crippen LogP) is 3.08. The fourth-order valence-electron chi connectivity index (χ4n) is 2.41. The molecule has 1 aromatic rings. The lowest BCUT2D eigenvalue weighted by Gasteiger charge is -2.37. The van der Waals surface area contributed by atoms with Gasteiger partial charge in [-0.3, -0.25) is 4.79 Å². The van der Waals surface area contributed by atoms with Crippen molar-refractivity contribution >= 4 is 40.6 Å². The third-order valence-corrected chi connectivity index (χ3v) is 5.04. The molecule has 0 unspecified atom stereocenters. The lowest BCUT2D eigenvalue weighted by atomic mass is 10.2. The number of hydrogen-bond donors (Lipinski definition) is 2. The maximum atomic E-state index is 12.0. The van der Waals surface area contributed by atoms with Crippen LogP contribution in [-0.2, 0) is 4.79 Å². The molecule has 1 aliphatic rings. The SMILES string of the molecule is CC1(C)CN(CCC(=O)Nc2ccc(N)cc2Cl)CCS1. The third kappa shape index (κ3) is 5.09. The number of hydrogen-bond acceptors (Lipinski definition) is 4. The Balaban J connectivity index is 1.82. The summed E-state index contributed by atoms with van der Waals surface area (Å²) in [4.78, 5) is 14.4. The van der Waals surface area contributed by atoms with Crippen LogP contribution in [0.15, 0.2) is 18.2 Å². The smallest absolute Gasteiger partial charge is 0.225 e. The molecule has 1 fully saturated rings. The van der Waals surface area contributed by atoms with Crippen LogP contribution in [0, 0.1) is 0 Å². The second-order valence-electron chi connectivity index (χ2n) is 5.92. The van der Waals surface area contributed by atoms with E-state index in [-0.39, 0.29) is 10.7 Å². The van der Waals surface area contributed by atoms with Gasteiger partial charge < -0.3 is 16.0 Å². The number of amides is 1. The summed E-state index contributed by atoms with van der Waals surface area (Å²) >= 11 is 8.04. The normalized spacial score (nSPS) is 18.4. The van der Waals surface area contributed by atoms with Gasteiger partial charge in [-0.05, 0) is 32.0 Å². The van der Waals surface area contributed by atoms with Crippen LogP contribution in [0.4, 0.5) is 11.4 Å². The zero-order valence-electron chi connectivity index (χ0n) is 12.5. The molecule has 1 aliphatic heterocycles. The molecular formula is C15H22ClN3OS. The molecule has 2 rings (SSSR count). The van der Waals surface area contributed by atoms with Gasteiger partial charge in [-0.2, -0.15) is 11.8 Å². The van der Waals surface area contributed by atoms with Crippen molar-refractivity contribution in [2.45, 2.75) is 25.0 Å². The molecule has 1 saturated heterocycles. The number of anilines is 2. The zero-order valence-corrected chi connectivity index (χ0v) is 14.1. The first-order chi connectivity index (χ1) is 9.85. The molecule has 3 N–H and O–H groups in total.